The molecule has 1 fully saturated rings. The van der Waals surface area contributed by atoms with E-state index in [4.69, 9.17) is 4.74 Å². The Morgan fingerprint density at radius 3 is 2.80 bits per heavy atom. The van der Waals surface area contributed by atoms with E-state index < -0.39 is 10.0 Å². The van der Waals surface area contributed by atoms with Crippen LogP contribution in [0.25, 0.3) is 0 Å². The Labute approximate surface area is 126 Å². The summed E-state index contributed by atoms with van der Waals surface area (Å²) in [6, 6.07) is 5.15. The van der Waals surface area contributed by atoms with Crippen molar-refractivity contribution >= 4 is 22.4 Å². The van der Waals surface area contributed by atoms with Crippen molar-refractivity contribution in [2.75, 3.05) is 26.7 Å². The quantitative estimate of drug-likeness (QED) is 0.858. The molecule has 0 amide bonds. The number of rotatable bonds is 5. The van der Waals surface area contributed by atoms with Gasteiger partial charge in [-0.2, -0.15) is 0 Å². The molecule has 114 valence electrons. The second kappa shape index (κ2) is 7.26. The Morgan fingerprint density at radius 2 is 2.20 bits per heavy atom. The lowest BCUT2D eigenvalue weighted by Gasteiger charge is -2.13. The molecule has 1 saturated heterocycles. The fraction of sp³-hybridized carbons (Fsp3) is 0.538. The molecule has 1 aliphatic heterocycles. The summed E-state index contributed by atoms with van der Waals surface area (Å²) in [4.78, 5) is 0.209. The second-order valence-electron chi connectivity index (χ2n) is 4.87. The lowest BCUT2D eigenvalue weighted by molar-refractivity contribution is 0.402. The van der Waals surface area contributed by atoms with E-state index in [0.29, 0.717) is 18.2 Å². The molecule has 1 aliphatic rings. The van der Waals surface area contributed by atoms with Crippen LogP contribution < -0.4 is 14.8 Å². The number of hydrogen-bond acceptors (Lipinski definition) is 4. The van der Waals surface area contributed by atoms with Gasteiger partial charge in [0.25, 0.3) is 0 Å². The molecule has 0 aromatic heterocycles. The summed E-state index contributed by atoms with van der Waals surface area (Å²) in [5, 5.41) is 3.22. The summed E-state index contributed by atoms with van der Waals surface area (Å²) < 4.78 is 32.4. The van der Waals surface area contributed by atoms with Gasteiger partial charge >= 0.3 is 0 Å². The molecular formula is C13H21ClN2O3S. The standard InChI is InChI=1S/C13H20N2O3S.ClH/c1-10-3-4-12(18-2)13(7-10)19(16,17)15-9-11-5-6-14-8-11;/h3-4,7,11,14-15H,5-6,8-9H2,1-2H3;1H. The number of methoxy groups -OCH3 is 1. The van der Waals surface area contributed by atoms with E-state index in [1.807, 2.05) is 13.0 Å². The molecule has 20 heavy (non-hydrogen) atoms. The van der Waals surface area contributed by atoms with Gasteiger partial charge in [0.15, 0.2) is 0 Å². The minimum absolute atomic E-state index is 0. The first kappa shape index (κ1) is 17.2. The maximum atomic E-state index is 12.3. The molecule has 2 N–H and O–H groups in total. The van der Waals surface area contributed by atoms with Gasteiger partial charge in [-0.3, -0.25) is 0 Å². The van der Waals surface area contributed by atoms with E-state index in [9.17, 15) is 8.42 Å². The number of aryl methyl sites for hydroxylation is 1. The SMILES string of the molecule is COc1ccc(C)cc1S(=O)(=O)NCC1CCNC1.Cl. The van der Waals surface area contributed by atoms with Crippen LogP contribution in [-0.2, 0) is 10.0 Å². The molecule has 0 aliphatic carbocycles. The second-order valence-corrected chi connectivity index (χ2v) is 6.60. The van der Waals surface area contributed by atoms with Crippen molar-refractivity contribution in [3.63, 3.8) is 0 Å². The average Bonchev–Trinajstić information content (AvgIpc) is 2.89. The molecule has 0 radical (unpaired) electrons. The van der Waals surface area contributed by atoms with Gasteiger partial charge in [-0.05, 0) is 50.0 Å². The van der Waals surface area contributed by atoms with E-state index >= 15 is 0 Å². The van der Waals surface area contributed by atoms with Crippen molar-refractivity contribution in [2.45, 2.75) is 18.2 Å². The molecule has 0 spiro atoms. The largest absolute Gasteiger partial charge is 0.495 e. The summed E-state index contributed by atoms with van der Waals surface area (Å²) in [5.74, 6) is 0.744. The van der Waals surface area contributed by atoms with Crippen LogP contribution in [0, 0.1) is 12.8 Å². The number of sulfonamides is 1. The molecular weight excluding hydrogens is 300 g/mol. The minimum atomic E-state index is -3.52. The molecule has 2 rings (SSSR count). The van der Waals surface area contributed by atoms with Gasteiger partial charge in [0.1, 0.15) is 10.6 Å². The van der Waals surface area contributed by atoms with Gasteiger partial charge in [0, 0.05) is 6.54 Å². The fourth-order valence-electron chi connectivity index (χ4n) is 2.19. The third-order valence-electron chi connectivity index (χ3n) is 3.33. The van der Waals surface area contributed by atoms with Crippen molar-refractivity contribution in [1.82, 2.24) is 10.0 Å². The molecule has 1 unspecified atom stereocenters. The zero-order valence-electron chi connectivity index (χ0n) is 11.7. The van der Waals surface area contributed by atoms with Crippen molar-refractivity contribution in [1.29, 1.82) is 0 Å². The zero-order valence-corrected chi connectivity index (χ0v) is 13.3. The maximum Gasteiger partial charge on any atom is 0.244 e. The van der Waals surface area contributed by atoms with Crippen LogP contribution in [0.3, 0.4) is 0 Å². The smallest absolute Gasteiger partial charge is 0.244 e. The Bertz CT molecular complexity index is 543. The number of hydrogen-bond donors (Lipinski definition) is 2. The normalized spacial score (nSPS) is 18.6. The summed E-state index contributed by atoms with van der Waals surface area (Å²) >= 11 is 0. The van der Waals surface area contributed by atoms with Crippen molar-refractivity contribution < 1.29 is 13.2 Å². The minimum Gasteiger partial charge on any atom is -0.495 e. The molecule has 5 nitrogen and oxygen atoms in total. The summed E-state index contributed by atoms with van der Waals surface area (Å²) in [6.45, 7) is 4.15. The molecule has 1 atom stereocenters. The van der Waals surface area contributed by atoms with Crippen LogP contribution >= 0.6 is 12.4 Å². The Balaban J connectivity index is 0.00000200. The lowest BCUT2D eigenvalue weighted by Crippen LogP contribution is -2.30. The topological polar surface area (TPSA) is 67.4 Å². The van der Waals surface area contributed by atoms with Crippen LogP contribution in [0.15, 0.2) is 23.1 Å². The molecule has 1 heterocycles. The van der Waals surface area contributed by atoms with Gasteiger partial charge in [0.2, 0.25) is 10.0 Å². The van der Waals surface area contributed by atoms with Crippen molar-refractivity contribution in [3.8, 4) is 5.75 Å². The van der Waals surface area contributed by atoms with Crippen molar-refractivity contribution in [3.05, 3.63) is 23.8 Å². The van der Waals surface area contributed by atoms with E-state index in [2.05, 4.69) is 10.0 Å². The van der Waals surface area contributed by atoms with E-state index in [1.54, 1.807) is 12.1 Å². The molecule has 0 saturated carbocycles. The van der Waals surface area contributed by atoms with Crippen LogP contribution in [-0.4, -0.2) is 35.2 Å². The van der Waals surface area contributed by atoms with Crippen molar-refractivity contribution in [2.24, 2.45) is 5.92 Å². The highest BCUT2D eigenvalue weighted by molar-refractivity contribution is 7.89. The number of halogens is 1. The van der Waals surface area contributed by atoms with E-state index in [-0.39, 0.29) is 17.3 Å². The van der Waals surface area contributed by atoms with Gasteiger partial charge < -0.3 is 10.1 Å². The first-order chi connectivity index (χ1) is 9.03. The Kier molecular flexibility index (Phi) is 6.26. The average molecular weight is 321 g/mol. The maximum absolute atomic E-state index is 12.3. The summed E-state index contributed by atoms with van der Waals surface area (Å²) in [5.41, 5.74) is 0.892. The van der Waals surface area contributed by atoms with E-state index in [0.717, 1.165) is 25.1 Å². The molecule has 1 aromatic carbocycles. The monoisotopic (exact) mass is 320 g/mol. The summed E-state index contributed by atoms with van der Waals surface area (Å²) in [6.07, 6.45) is 1.01. The van der Waals surface area contributed by atoms with Crippen LogP contribution in [0.2, 0.25) is 0 Å². The van der Waals surface area contributed by atoms with Crippen LogP contribution in [0.1, 0.15) is 12.0 Å². The summed E-state index contributed by atoms with van der Waals surface area (Å²) in [7, 11) is -2.04. The Hall–Kier alpha value is -0.820. The van der Waals surface area contributed by atoms with Gasteiger partial charge in [-0.1, -0.05) is 6.07 Å². The van der Waals surface area contributed by atoms with Gasteiger partial charge in [0.05, 0.1) is 7.11 Å². The molecule has 7 heteroatoms. The molecule has 0 bridgehead atoms. The van der Waals surface area contributed by atoms with E-state index in [1.165, 1.54) is 7.11 Å². The lowest BCUT2D eigenvalue weighted by atomic mass is 10.1. The highest BCUT2D eigenvalue weighted by atomic mass is 35.5. The predicted molar refractivity (Wildman–Crippen MR) is 81.1 cm³/mol. The third kappa shape index (κ3) is 4.09. The molecule has 1 aromatic rings. The van der Waals surface area contributed by atoms with Crippen LogP contribution in [0.4, 0.5) is 0 Å². The Morgan fingerprint density at radius 1 is 1.45 bits per heavy atom. The zero-order chi connectivity index (χ0) is 13.9. The fourth-order valence-corrected chi connectivity index (χ4v) is 3.56. The van der Waals surface area contributed by atoms with Gasteiger partial charge in [-0.15, -0.1) is 12.4 Å². The van der Waals surface area contributed by atoms with Gasteiger partial charge in [-0.25, -0.2) is 13.1 Å². The number of benzene rings is 1. The predicted octanol–water partition coefficient (Wildman–Crippen LogP) is 1.31. The first-order valence-corrected chi connectivity index (χ1v) is 7.86. The van der Waals surface area contributed by atoms with Crippen LogP contribution in [0.5, 0.6) is 5.75 Å². The highest BCUT2D eigenvalue weighted by Crippen LogP contribution is 2.24. The number of nitrogens with one attached hydrogen (secondary N) is 2. The first-order valence-electron chi connectivity index (χ1n) is 6.38. The highest BCUT2D eigenvalue weighted by Gasteiger charge is 2.22. The third-order valence-corrected chi connectivity index (χ3v) is 4.78. The number of ether oxygens (including phenoxy) is 1.